The fourth-order valence-corrected chi connectivity index (χ4v) is 4.91. The molecular weight excluding hydrogens is 434 g/mol. The summed E-state index contributed by atoms with van der Waals surface area (Å²) in [6, 6.07) is 5.08. The second kappa shape index (κ2) is 9.55. The zero-order chi connectivity index (χ0) is 23.7. The summed E-state index contributed by atoms with van der Waals surface area (Å²) in [4.78, 5) is 33.4. The summed E-state index contributed by atoms with van der Waals surface area (Å²) in [5.74, 6) is 1.99. The lowest BCUT2D eigenvalue weighted by molar-refractivity contribution is -0.118. The van der Waals surface area contributed by atoms with E-state index in [9.17, 15) is 9.59 Å². The minimum absolute atomic E-state index is 0.118. The van der Waals surface area contributed by atoms with Crippen LogP contribution >= 0.6 is 0 Å². The number of benzene rings is 1. The van der Waals surface area contributed by atoms with E-state index in [0.717, 1.165) is 44.6 Å². The average molecular weight is 466 g/mol. The van der Waals surface area contributed by atoms with Crippen molar-refractivity contribution in [1.82, 2.24) is 30.2 Å². The van der Waals surface area contributed by atoms with Gasteiger partial charge >= 0.3 is 0 Å². The van der Waals surface area contributed by atoms with Crippen LogP contribution in [-0.2, 0) is 4.79 Å². The molecule has 5 rings (SSSR count). The summed E-state index contributed by atoms with van der Waals surface area (Å²) in [5, 5.41) is 14.2. The second-order valence-electron chi connectivity index (χ2n) is 8.94. The van der Waals surface area contributed by atoms with Crippen LogP contribution in [-0.4, -0.2) is 57.8 Å². The van der Waals surface area contributed by atoms with Gasteiger partial charge in [-0.3, -0.25) is 9.59 Å². The highest BCUT2D eigenvalue weighted by Crippen LogP contribution is 2.35. The van der Waals surface area contributed by atoms with Gasteiger partial charge < -0.3 is 25.7 Å². The molecular formula is C24H31N7O3. The van der Waals surface area contributed by atoms with Gasteiger partial charge in [0.2, 0.25) is 5.91 Å². The highest BCUT2D eigenvalue weighted by Gasteiger charge is 2.26. The highest BCUT2D eigenvalue weighted by atomic mass is 16.5. The van der Waals surface area contributed by atoms with E-state index in [0.29, 0.717) is 53.1 Å². The number of aryl methyl sites for hydroxylation is 1. The van der Waals surface area contributed by atoms with Crippen molar-refractivity contribution in [3.63, 3.8) is 0 Å². The quantitative estimate of drug-likeness (QED) is 0.438. The minimum Gasteiger partial charge on any atom is -0.493 e. The van der Waals surface area contributed by atoms with Gasteiger partial charge in [-0.2, -0.15) is 0 Å². The molecule has 1 amide bonds. The maximum atomic E-state index is 13.1. The van der Waals surface area contributed by atoms with Crippen LogP contribution in [0.4, 0.5) is 5.69 Å². The molecule has 0 bridgehead atoms. The normalized spacial score (nSPS) is 18.9. The molecule has 10 nitrogen and oxygen atoms in total. The number of fused-ring (bicyclic) bond motifs is 1. The van der Waals surface area contributed by atoms with Gasteiger partial charge in [-0.1, -0.05) is 12.8 Å². The molecule has 1 saturated heterocycles. The fourth-order valence-electron chi connectivity index (χ4n) is 4.91. The Hall–Kier alpha value is -3.24. The van der Waals surface area contributed by atoms with Gasteiger partial charge in [-0.25, -0.2) is 9.50 Å². The van der Waals surface area contributed by atoms with Crippen molar-refractivity contribution in [3.8, 4) is 17.1 Å². The molecule has 10 heteroatoms. The third-order valence-electron chi connectivity index (χ3n) is 6.58. The van der Waals surface area contributed by atoms with Crippen molar-refractivity contribution in [3.05, 3.63) is 40.1 Å². The third kappa shape index (κ3) is 4.30. The number of rotatable bonds is 6. The average Bonchev–Trinajstić information content (AvgIpc) is 3.49. The monoisotopic (exact) mass is 465 g/mol. The first-order chi connectivity index (χ1) is 16.5. The number of anilines is 1. The number of hydrogen-bond donors (Lipinski definition) is 4. The van der Waals surface area contributed by atoms with Crippen molar-refractivity contribution in [1.29, 1.82) is 0 Å². The van der Waals surface area contributed by atoms with Crippen molar-refractivity contribution < 1.29 is 9.53 Å². The Morgan fingerprint density at radius 2 is 2.09 bits per heavy atom. The number of carbonyl (C=O) groups is 1. The summed E-state index contributed by atoms with van der Waals surface area (Å²) in [7, 11) is 0. The molecule has 3 aromatic rings. The number of aromatic amines is 1. The van der Waals surface area contributed by atoms with Crippen LogP contribution in [0.15, 0.2) is 23.0 Å². The summed E-state index contributed by atoms with van der Waals surface area (Å²) < 4.78 is 7.54. The Labute approximate surface area is 197 Å². The van der Waals surface area contributed by atoms with Crippen LogP contribution in [0.1, 0.15) is 50.0 Å². The first-order valence-corrected chi connectivity index (χ1v) is 12.1. The first-order valence-electron chi connectivity index (χ1n) is 12.1. The van der Waals surface area contributed by atoms with Gasteiger partial charge in [0, 0.05) is 31.2 Å². The van der Waals surface area contributed by atoms with Crippen LogP contribution in [0, 0.1) is 6.92 Å². The van der Waals surface area contributed by atoms with Crippen LogP contribution in [0.2, 0.25) is 0 Å². The first kappa shape index (κ1) is 22.5. The van der Waals surface area contributed by atoms with E-state index in [1.54, 1.807) is 22.7 Å². The Morgan fingerprint density at radius 1 is 1.26 bits per heavy atom. The number of carbonyl (C=O) groups excluding carboxylic acids is 1. The standard InChI is InChI=1S/C24H31N7O3/c1-3-34-19-9-8-16(28-23(32)18-13-25-10-11-26-18)12-17(19)21-29-24(33)20-14(2)27-22(31(20)30-21)15-6-4-5-7-15/h8-9,12,15,18,25-26H,3-7,10-11,13H2,1-2H3,(H,28,32)(H,29,30,33). The molecule has 180 valence electrons. The molecule has 2 aliphatic rings. The topological polar surface area (TPSA) is 125 Å². The van der Waals surface area contributed by atoms with Gasteiger partial charge in [0.1, 0.15) is 11.6 Å². The molecule has 1 atom stereocenters. The van der Waals surface area contributed by atoms with E-state index in [4.69, 9.17) is 14.8 Å². The van der Waals surface area contributed by atoms with E-state index in [-0.39, 0.29) is 17.5 Å². The van der Waals surface area contributed by atoms with Crippen molar-refractivity contribution in [2.24, 2.45) is 0 Å². The molecule has 34 heavy (non-hydrogen) atoms. The number of nitrogens with one attached hydrogen (secondary N) is 4. The Bertz CT molecular complexity index is 1250. The Kier molecular flexibility index (Phi) is 6.34. The number of aromatic nitrogens is 4. The van der Waals surface area contributed by atoms with Gasteiger partial charge in [0.05, 0.1) is 23.9 Å². The van der Waals surface area contributed by atoms with Gasteiger partial charge in [0.25, 0.3) is 5.56 Å². The SMILES string of the molecule is CCOc1ccc(NC(=O)C2CNCCN2)cc1-c1nn2c(C3CCCC3)nc(C)c2c(=O)[nH]1. The Morgan fingerprint density at radius 3 is 2.82 bits per heavy atom. The van der Waals surface area contributed by atoms with Gasteiger partial charge in [-0.05, 0) is 44.9 Å². The number of H-pyrrole nitrogens is 1. The van der Waals surface area contributed by atoms with E-state index in [1.165, 1.54) is 0 Å². The third-order valence-corrected chi connectivity index (χ3v) is 6.58. The van der Waals surface area contributed by atoms with E-state index >= 15 is 0 Å². The van der Waals surface area contributed by atoms with E-state index in [2.05, 4.69) is 20.9 Å². The molecule has 1 aliphatic carbocycles. The van der Waals surface area contributed by atoms with Gasteiger partial charge in [0.15, 0.2) is 11.3 Å². The lowest BCUT2D eigenvalue weighted by Crippen LogP contribution is -2.54. The lowest BCUT2D eigenvalue weighted by atomic mass is 10.1. The summed E-state index contributed by atoms with van der Waals surface area (Å²) >= 11 is 0. The maximum absolute atomic E-state index is 13.1. The molecule has 0 radical (unpaired) electrons. The summed E-state index contributed by atoms with van der Waals surface area (Å²) in [6.07, 6.45) is 4.43. The molecule has 1 aliphatic heterocycles. The van der Waals surface area contributed by atoms with Crippen LogP contribution in [0.5, 0.6) is 5.75 Å². The molecule has 4 N–H and O–H groups in total. The zero-order valence-electron chi connectivity index (χ0n) is 19.6. The fraction of sp³-hybridized carbons (Fsp3) is 0.500. The minimum atomic E-state index is -0.305. The second-order valence-corrected chi connectivity index (χ2v) is 8.94. The van der Waals surface area contributed by atoms with Crippen LogP contribution in [0.25, 0.3) is 16.9 Å². The molecule has 3 heterocycles. The zero-order valence-corrected chi connectivity index (χ0v) is 19.6. The van der Waals surface area contributed by atoms with Gasteiger partial charge in [-0.15, -0.1) is 5.10 Å². The highest BCUT2D eigenvalue weighted by molar-refractivity contribution is 5.95. The molecule has 2 fully saturated rings. The van der Waals surface area contributed by atoms with E-state index < -0.39 is 0 Å². The van der Waals surface area contributed by atoms with E-state index in [1.807, 2.05) is 13.8 Å². The largest absolute Gasteiger partial charge is 0.493 e. The van der Waals surface area contributed by atoms with Crippen molar-refractivity contribution >= 4 is 17.1 Å². The number of nitrogens with zero attached hydrogens (tertiary/aromatic N) is 3. The Balaban J connectivity index is 1.55. The van der Waals surface area contributed by atoms with Crippen LogP contribution in [0.3, 0.4) is 0 Å². The number of piperazine rings is 1. The van der Waals surface area contributed by atoms with Crippen LogP contribution < -0.4 is 26.2 Å². The van der Waals surface area contributed by atoms with Crippen molar-refractivity contribution in [2.75, 3.05) is 31.6 Å². The molecule has 1 aromatic carbocycles. The molecule has 1 saturated carbocycles. The van der Waals surface area contributed by atoms with Crippen molar-refractivity contribution in [2.45, 2.75) is 51.5 Å². The lowest BCUT2D eigenvalue weighted by Gasteiger charge is -2.23. The predicted molar refractivity (Wildman–Crippen MR) is 129 cm³/mol. The number of hydrogen-bond acceptors (Lipinski definition) is 7. The predicted octanol–water partition coefficient (Wildman–Crippen LogP) is 1.95. The summed E-state index contributed by atoms with van der Waals surface area (Å²) in [5.41, 5.74) is 2.13. The number of imidazole rings is 1. The number of amides is 1. The maximum Gasteiger partial charge on any atom is 0.277 e. The molecule has 1 unspecified atom stereocenters. The number of ether oxygens (including phenoxy) is 1. The molecule has 0 spiro atoms. The smallest absolute Gasteiger partial charge is 0.277 e. The molecule has 2 aromatic heterocycles. The summed E-state index contributed by atoms with van der Waals surface area (Å²) in [6.45, 7) is 6.37.